The summed E-state index contributed by atoms with van der Waals surface area (Å²) in [7, 11) is 0. The molecule has 0 aliphatic heterocycles. The highest BCUT2D eigenvalue weighted by molar-refractivity contribution is 4.61. The smallest absolute Gasteiger partial charge is 0.0391 e. The minimum atomic E-state index is 0.889. The van der Waals surface area contributed by atoms with Crippen molar-refractivity contribution < 1.29 is 0 Å². The highest BCUT2D eigenvalue weighted by Gasteiger charge is 2.09. The molecule has 0 aliphatic carbocycles. The molecule has 0 unspecified atom stereocenters. The largest absolute Gasteiger partial charge is 0.0656 e. The summed E-state index contributed by atoms with van der Waals surface area (Å²) in [6, 6.07) is 0. The number of hydrogen-bond acceptors (Lipinski definition) is 0. The van der Waals surface area contributed by atoms with Crippen LogP contribution in [0.2, 0.25) is 0 Å². The molecule has 0 aliphatic rings. The molecule has 0 saturated heterocycles. The average Bonchev–Trinajstić information content (AvgIpc) is 2.05. The fourth-order valence-electron chi connectivity index (χ4n) is 1.55. The second-order valence-corrected chi connectivity index (χ2v) is 4.29. The maximum atomic E-state index is 2.34. The van der Waals surface area contributed by atoms with Crippen LogP contribution in [0, 0.1) is 11.8 Å². The van der Waals surface area contributed by atoms with Crippen molar-refractivity contribution in [3.63, 3.8) is 0 Å². The molecule has 82 valence electrons. The highest BCUT2D eigenvalue weighted by atomic mass is 14.2. The molecular weight excluding hydrogens is 156 g/mol. The van der Waals surface area contributed by atoms with Crippen LogP contribution in [-0.2, 0) is 0 Å². The molecule has 0 atom stereocenters. The van der Waals surface area contributed by atoms with Crippen LogP contribution in [0.25, 0.3) is 0 Å². The van der Waals surface area contributed by atoms with E-state index in [1.165, 1.54) is 32.1 Å². The van der Waals surface area contributed by atoms with Crippen molar-refractivity contribution in [1.29, 1.82) is 0 Å². The van der Waals surface area contributed by atoms with E-state index in [0.717, 1.165) is 11.8 Å². The standard InChI is InChI=1S/C10H22.C3H8/c1-5-7-10(8-6-2)9(3)4;1-3-2/h9-10H,5-8H2,1-4H3;3H2,1-2H3. The SMILES string of the molecule is CCC.CCCC(CCC)C(C)C. The van der Waals surface area contributed by atoms with Crippen molar-refractivity contribution in [3.05, 3.63) is 0 Å². The maximum absolute atomic E-state index is 2.34. The lowest BCUT2D eigenvalue weighted by molar-refractivity contribution is 0.331. The Morgan fingerprint density at radius 1 is 0.769 bits per heavy atom. The fraction of sp³-hybridized carbons (Fsp3) is 1.00. The molecule has 0 N–H and O–H groups in total. The van der Waals surface area contributed by atoms with Gasteiger partial charge in [0.1, 0.15) is 0 Å². The molecule has 0 saturated carbocycles. The van der Waals surface area contributed by atoms with Gasteiger partial charge < -0.3 is 0 Å². The molecule has 0 nitrogen and oxygen atoms in total. The van der Waals surface area contributed by atoms with Crippen LogP contribution >= 0.6 is 0 Å². The van der Waals surface area contributed by atoms with Crippen molar-refractivity contribution in [2.24, 2.45) is 11.8 Å². The van der Waals surface area contributed by atoms with E-state index in [0.29, 0.717) is 0 Å². The van der Waals surface area contributed by atoms with Crippen molar-refractivity contribution in [2.45, 2.75) is 73.6 Å². The summed E-state index contributed by atoms with van der Waals surface area (Å²) < 4.78 is 0. The van der Waals surface area contributed by atoms with Gasteiger partial charge in [0.05, 0.1) is 0 Å². The van der Waals surface area contributed by atoms with Gasteiger partial charge in [0.15, 0.2) is 0 Å². The van der Waals surface area contributed by atoms with Crippen molar-refractivity contribution in [1.82, 2.24) is 0 Å². The van der Waals surface area contributed by atoms with E-state index in [4.69, 9.17) is 0 Å². The molecule has 0 fully saturated rings. The first kappa shape index (κ1) is 15.5. The summed E-state index contributed by atoms with van der Waals surface area (Å²) in [6.45, 7) is 13.5. The Kier molecular flexibility index (Phi) is 14.3. The zero-order valence-electron chi connectivity index (χ0n) is 10.7. The van der Waals surface area contributed by atoms with Crippen molar-refractivity contribution in [3.8, 4) is 0 Å². The maximum Gasteiger partial charge on any atom is -0.0391 e. The zero-order valence-corrected chi connectivity index (χ0v) is 10.7. The molecule has 0 heterocycles. The Labute approximate surface area is 86.1 Å². The van der Waals surface area contributed by atoms with Gasteiger partial charge in [0.2, 0.25) is 0 Å². The number of rotatable bonds is 5. The Hall–Kier alpha value is 0. The van der Waals surface area contributed by atoms with E-state index in [9.17, 15) is 0 Å². The van der Waals surface area contributed by atoms with Crippen LogP contribution < -0.4 is 0 Å². The molecule has 0 radical (unpaired) electrons. The minimum absolute atomic E-state index is 0.889. The molecule has 0 bridgehead atoms. The van der Waals surface area contributed by atoms with Crippen LogP contribution in [0.3, 0.4) is 0 Å². The van der Waals surface area contributed by atoms with E-state index in [1.54, 1.807) is 0 Å². The van der Waals surface area contributed by atoms with Crippen LogP contribution in [-0.4, -0.2) is 0 Å². The fourth-order valence-corrected chi connectivity index (χ4v) is 1.55. The van der Waals surface area contributed by atoms with Gasteiger partial charge in [-0.15, -0.1) is 0 Å². The van der Waals surface area contributed by atoms with Gasteiger partial charge in [-0.2, -0.15) is 0 Å². The third kappa shape index (κ3) is 12.0. The van der Waals surface area contributed by atoms with Crippen molar-refractivity contribution >= 4 is 0 Å². The van der Waals surface area contributed by atoms with Gasteiger partial charge in [-0.05, 0) is 11.8 Å². The summed E-state index contributed by atoms with van der Waals surface area (Å²) in [5.74, 6) is 1.87. The van der Waals surface area contributed by atoms with E-state index in [-0.39, 0.29) is 0 Å². The van der Waals surface area contributed by atoms with E-state index in [2.05, 4.69) is 41.5 Å². The van der Waals surface area contributed by atoms with Crippen molar-refractivity contribution in [2.75, 3.05) is 0 Å². The van der Waals surface area contributed by atoms with Gasteiger partial charge in [0.25, 0.3) is 0 Å². The molecule has 0 rings (SSSR count). The van der Waals surface area contributed by atoms with Gasteiger partial charge in [0, 0.05) is 0 Å². The molecular formula is C13H30. The first-order valence-electron chi connectivity index (χ1n) is 6.13. The Morgan fingerprint density at radius 2 is 1.08 bits per heavy atom. The molecule has 0 spiro atoms. The molecule has 0 amide bonds. The molecule has 0 aromatic heterocycles. The van der Waals surface area contributed by atoms with E-state index < -0.39 is 0 Å². The second kappa shape index (κ2) is 12.0. The lowest BCUT2D eigenvalue weighted by atomic mass is 9.88. The molecule has 0 heteroatoms. The summed E-state index contributed by atoms with van der Waals surface area (Å²) in [5.41, 5.74) is 0. The third-order valence-electron chi connectivity index (χ3n) is 2.26. The quantitative estimate of drug-likeness (QED) is 0.548. The third-order valence-corrected chi connectivity index (χ3v) is 2.26. The van der Waals surface area contributed by atoms with Gasteiger partial charge in [-0.3, -0.25) is 0 Å². The van der Waals surface area contributed by atoms with Crippen LogP contribution in [0.4, 0.5) is 0 Å². The van der Waals surface area contributed by atoms with Gasteiger partial charge >= 0.3 is 0 Å². The predicted octanol–water partition coefficient (Wildman–Crippen LogP) is 5.28. The zero-order chi connectivity index (χ0) is 10.7. The van der Waals surface area contributed by atoms with Crippen LogP contribution in [0.5, 0.6) is 0 Å². The monoisotopic (exact) mass is 186 g/mol. The first-order valence-corrected chi connectivity index (χ1v) is 6.13. The minimum Gasteiger partial charge on any atom is -0.0656 e. The molecule has 13 heavy (non-hydrogen) atoms. The Morgan fingerprint density at radius 3 is 1.23 bits per heavy atom. The topological polar surface area (TPSA) is 0 Å². The predicted molar refractivity (Wildman–Crippen MR) is 64.1 cm³/mol. The Balaban J connectivity index is 0. The lowest BCUT2D eigenvalue weighted by Crippen LogP contribution is -2.07. The van der Waals surface area contributed by atoms with E-state index >= 15 is 0 Å². The molecule has 0 aromatic rings. The van der Waals surface area contributed by atoms with Gasteiger partial charge in [-0.25, -0.2) is 0 Å². The molecule has 0 aromatic carbocycles. The summed E-state index contributed by atoms with van der Waals surface area (Å²) >= 11 is 0. The summed E-state index contributed by atoms with van der Waals surface area (Å²) in [5, 5.41) is 0. The second-order valence-electron chi connectivity index (χ2n) is 4.29. The normalized spacial score (nSPS) is 10.2. The average molecular weight is 186 g/mol. The van der Waals surface area contributed by atoms with Crippen LogP contribution in [0.1, 0.15) is 73.6 Å². The van der Waals surface area contributed by atoms with Crippen LogP contribution in [0.15, 0.2) is 0 Å². The highest BCUT2D eigenvalue weighted by Crippen LogP contribution is 2.21. The lowest BCUT2D eigenvalue weighted by Gasteiger charge is -2.18. The van der Waals surface area contributed by atoms with E-state index in [1.807, 2.05) is 0 Å². The summed E-state index contributed by atoms with van der Waals surface area (Å²) in [6.07, 6.45) is 6.79. The first-order chi connectivity index (χ1) is 6.13. The van der Waals surface area contributed by atoms with Gasteiger partial charge in [-0.1, -0.05) is 73.6 Å². The Bertz CT molecular complexity index is 68.1. The summed E-state index contributed by atoms with van der Waals surface area (Å²) in [4.78, 5) is 0. The number of hydrogen-bond donors (Lipinski definition) is 0.